The van der Waals surface area contributed by atoms with Gasteiger partial charge in [0.25, 0.3) is 0 Å². The van der Waals surface area contributed by atoms with E-state index in [1.54, 1.807) is 0 Å². The zero-order valence-corrected chi connectivity index (χ0v) is 21.4. The van der Waals surface area contributed by atoms with Gasteiger partial charge in [-0.05, 0) is 49.7 Å². The van der Waals surface area contributed by atoms with Crippen molar-refractivity contribution in [2.75, 3.05) is 42.8 Å². The summed E-state index contributed by atoms with van der Waals surface area (Å²) in [6, 6.07) is 7.67. The molecule has 1 aromatic rings. The lowest BCUT2D eigenvalue weighted by atomic mass is 9.94. The summed E-state index contributed by atoms with van der Waals surface area (Å²) in [6.45, 7) is 8.58. The van der Waals surface area contributed by atoms with Gasteiger partial charge in [0, 0.05) is 32.8 Å². The van der Waals surface area contributed by atoms with Crippen LogP contribution in [0, 0.1) is 11.8 Å². The first-order valence-electron chi connectivity index (χ1n) is 10.6. The molecule has 2 rings (SSSR count). The molecule has 1 unspecified atom stereocenters. The predicted octanol–water partition coefficient (Wildman–Crippen LogP) is 2.60. The molecule has 0 radical (unpaired) electrons. The van der Waals surface area contributed by atoms with Gasteiger partial charge in [-0.15, -0.1) is 24.0 Å². The molecule has 1 aromatic carbocycles. The maximum atomic E-state index is 12.8. The Labute approximate surface area is 198 Å². The molecule has 0 aliphatic carbocycles. The molecule has 1 aliphatic heterocycles. The maximum Gasteiger partial charge on any atom is 0.236 e. The molecule has 0 amide bonds. The Bertz CT molecular complexity index is 771. The van der Waals surface area contributed by atoms with E-state index in [-0.39, 0.29) is 36.3 Å². The van der Waals surface area contributed by atoms with Crippen LogP contribution in [0.25, 0.3) is 0 Å². The Morgan fingerprint density at radius 2 is 2.00 bits per heavy atom. The highest BCUT2D eigenvalue weighted by Gasteiger charge is 2.28. The number of hydrogen-bond donors (Lipinski definition) is 3. The van der Waals surface area contributed by atoms with Crippen LogP contribution < -0.4 is 14.9 Å². The lowest BCUT2D eigenvalue weighted by molar-refractivity contribution is 0.245. The third-order valence-corrected chi connectivity index (χ3v) is 6.80. The molecule has 0 saturated heterocycles. The first kappa shape index (κ1) is 27.0. The number of anilines is 1. The van der Waals surface area contributed by atoms with Crippen molar-refractivity contribution in [3.05, 3.63) is 29.8 Å². The van der Waals surface area contributed by atoms with Gasteiger partial charge in [0.2, 0.25) is 10.0 Å². The molecule has 30 heavy (non-hydrogen) atoms. The van der Waals surface area contributed by atoms with E-state index in [1.807, 2.05) is 31.2 Å². The minimum atomic E-state index is -3.38. The van der Waals surface area contributed by atoms with Gasteiger partial charge in [-0.25, -0.2) is 8.42 Å². The Kier molecular flexibility index (Phi) is 12.0. The van der Waals surface area contributed by atoms with Crippen LogP contribution in [0.4, 0.5) is 5.69 Å². The van der Waals surface area contributed by atoms with Crippen LogP contribution in [0.2, 0.25) is 0 Å². The number of aliphatic hydroxyl groups excluding tert-OH is 1. The van der Waals surface area contributed by atoms with Crippen molar-refractivity contribution in [2.24, 2.45) is 16.8 Å². The summed E-state index contributed by atoms with van der Waals surface area (Å²) in [5, 5.41) is 15.6. The van der Waals surface area contributed by atoms with Crippen LogP contribution >= 0.6 is 24.0 Å². The lowest BCUT2D eigenvalue weighted by Crippen LogP contribution is -2.42. The Balaban J connectivity index is 0.00000450. The van der Waals surface area contributed by atoms with Crippen LogP contribution in [0.3, 0.4) is 0 Å². The number of hydrogen-bond acceptors (Lipinski definition) is 4. The first-order valence-corrected chi connectivity index (χ1v) is 12.2. The molecule has 0 fully saturated rings. The van der Waals surface area contributed by atoms with Gasteiger partial charge < -0.3 is 15.7 Å². The lowest BCUT2D eigenvalue weighted by Gasteiger charge is -2.20. The second-order valence-electron chi connectivity index (χ2n) is 7.92. The van der Waals surface area contributed by atoms with Gasteiger partial charge in [-0.2, -0.15) is 0 Å². The molecule has 1 atom stereocenters. The number of fused-ring (bicyclic) bond motifs is 1. The van der Waals surface area contributed by atoms with E-state index >= 15 is 0 Å². The number of aliphatic hydroxyl groups is 1. The van der Waals surface area contributed by atoms with Gasteiger partial charge in [-0.1, -0.05) is 32.0 Å². The summed E-state index contributed by atoms with van der Waals surface area (Å²) >= 11 is 0. The van der Waals surface area contributed by atoms with Gasteiger partial charge in [0.05, 0.1) is 11.4 Å². The van der Waals surface area contributed by atoms with Crippen molar-refractivity contribution < 1.29 is 13.5 Å². The van der Waals surface area contributed by atoms with Crippen molar-refractivity contribution in [3.8, 4) is 0 Å². The van der Waals surface area contributed by atoms with E-state index in [2.05, 4.69) is 29.5 Å². The fourth-order valence-electron chi connectivity index (χ4n) is 3.70. The van der Waals surface area contributed by atoms with Crippen molar-refractivity contribution in [1.82, 2.24) is 10.6 Å². The summed E-state index contributed by atoms with van der Waals surface area (Å²) in [4.78, 5) is 4.61. The summed E-state index contributed by atoms with van der Waals surface area (Å²) in [5.74, 6) is 1.50. The highest BCUT2D eigenvalue weighted by atomic mass is 127. The van der Waals surface area contributed by atoms with Gasteiger partial charge >= 0.3 is 0 Å². The minimum Gasteiger partial charge on any atom is -0.396 e. The van der Waals surface area contributed by atoms with E-state index < -0.39 is 10.0 Å². The van der Waals surface area contributed by atoms with Crippen molar-refractivity contribution in [2.45, 2.75) is 40.0 Å². The third-order valence-electron chi connectivity index (χ3n) is 5.03. The molecule has 1 aliphatic rings. The Morgan fingerprint density at radius 1 is 1.27 bits per heavy atom. The van der Waals surface area contributed by atoms with E-state index in [0.717, 1.165) is 30.5 Å². The quantitative estimate of drug-likeness (QED) is 0.223. The molecule has 172 valence electrons. The van der Waals surface area contributed by atoms with Crippen molar-refractivity contribution in [1.29, 1.82) is 0 Å². The molecule has 3 N–H and O–H groups in total. The molecule has 0 bridgehead atoms. The van der Waals surface area contributed by atoms with Crippen LogP contribution in [-0.2, 0) is 16.4 Å². The second-order valence-corrected chi connectivity index (χ2v) is 9.93. The second kappa shape index (κ2) is 13.4. The van der Waals surface area contributed by atoms with Crippen LogP contribution in [-0.4, -0.2) is 58.0 Å². The number of sulfonamides is 1. The fraction of sp³-hybridized carbons (Fsp3) is 0.667. The average molecular weight is 553 g/mol. The smallest absolute Gasteiger partial charge is 0.236 e. The van der Waals surface area contributed by atoms with E-state index in [4.69, 9.17) is 0 Å². The minimum absolute atomic E-state index is 0. The van der Waals surface area contributed by atoms with Crippen molar-refractivity contribution in [3.63, 3.8) is 0 Å². The van der Waals surface area contributed by atoms with E-state index in [9.17, 15) is 13.5 Å². The SMILES string of the molecule is CCNC(=NCC(CCO)CC(C)C)NCCS(=O)(=O)N1CCc2ccccc21.I. The predicted molar refractivity (Wildman–Crippen MR) is 135 cm³/mol. The van der Waals surface area contributed by atoms with Crippen molar-refractivity contribution >= 4 is 45.6 Å². The standard InChI is InChI=1S/C21H36N4O3S.HI/c1-4-22-21(24-16-18(10-13-26)15-17(2)3)23-11-14-29(27,28)25-12-9-19-7-5-6-8-20(19)25;/h5-8,17-18,26H,4,9-16H2,1-3H3,(H2,22,23,24);1H. The Hall–Kier alpha value is -1.07. The number of halogens is 1. The number of para-hydroxylation sites is 1. The molecule has 9 heteroatoms. The zero-order valence-electron chi connectivity index (χ0n) is 18.3. The maximum absolute atomic E-state index is 12.8. The van der Waals surface area contributed by atoms with Crippen LogP contribution in [0.5, 0.6) is 0 Å². The van der Waals surface area contributed by atoms with E-state index in [1.165, 1.54) is 4.31 Å². The molecular weight excluding hydrogens is 515 g/mol. The molecule has 0 aromatic heterocycles. The largest absolute Gasteiger partial charge is 0.396 e. The molecule has 7 nitrogen and oxygen atoms in total. The summed E-state index contributed by atoms with van der Waals surface area (Å²) in [6.07, 6.45) is 2.49. The van der Waals surface area contributed by atoms with Crippen LogP contribution in [0.15, 0.2) is 29.3 Å². The number of benzene rings is 1. The Morgan fingerprint density at radius 3 is 2.67 bits per heavy atom. The third kappa shape index (κ3) is 8.22. The van der Waals surface area contributed by atoms with Gasteiger partial charge in [0.15, 0.2) is 5.96 Å². The monoisotopic (exact) mass is 552 g/mol. The molecule has 0 spiro atoms. The summed E-state index contributed by atoms with van der Waals surface area (Å²) in [7, 11) is -3.38. The first-order chi connectivity index (χ1) is 13.9. The normalized spacial score (nSPS) is 15.0. The zero-order chi connectivity index (χ0) is 21.3. The van der Waals surface area contributed by atoms with Gasteiger partial charge in [-0.3, -0.25) is 9.30 Å². The number of nitrogens with one attached hydrogen (secondary N) is 2. The highest BCUT2D eigenvalue weighted by Crippen LogP contribution is 2.29. The fourth-order valence-corrected chi connectivity index (χ4v) is 5.13. The topological polar surface area (TPSA) is 94.0 Å². The highest BCUT2D eigenvalue weighted by molar-refractivity contribution is 14.0. The molecular formula is C21H37IN4O3S. The number of guanidine groups is 1. The summed E-state index contributed by atoms with van der Waals surface area (Å²) < 4.78 is 27.1. The van der Waals surface area contributed by atoms with Gasteiger partial charge in [0.1, 0.15) is 0 Å². The average Bonchev–Trinajstić information content (AvgIpc) is 3.10. The number of nitrogens with zero attached hydrogens (tertiary/aromatic N) is 2. The number of rotatable bonds is 11. The number of aliphatic imine (C=N–C) groups is 1. The molecule has 1 heterocycles. The van der Waals surface area contributed by atoms with Crippen LogP contribution in [0.1, 0.15) is 39.2 Å². The molecule has 0 saturated carbocycles. The van der Waals surface area contributed by atoms with E-state index in [0.29, 0.717) is 44.0 Å². The summed E-state index contributed by atoms with van der Waals surface area (Å²) in [5.41, 5.74) is 1.88.